The summed E-state index contributed by atoms with van der Waals surface area (Å²) in [6.45, 7) is 5.87. The van der Waals surface area contributed by atoms with E-state index in [0.29, 0.717) is 5.02 Å². The lowest BCUT2D eigenvalue weighted by molar-refractivity contribution is -0.146. The van der Waals surface area contributed by atoms with E-state index in [1.165, 1.54) is 0 Å². The molecule has 17 heavy (non-hydrogen) atoms. The molecule has 0 aliphatic carbocycles. The minimum atomic E-state index is -0.235. The van der Waals surface area contributed by atoms with E-state index in [1.807, 2.05) is 45.0 Å². The van der Waals surface area contributed by atoms with Gasteiger partial charge in [-0.25, -0.2) is 0 Å². The van der Waals surface area contributed by atoms with Crippen molar-refractivity contribution in [2.75, 3.05) is 6.54 Å². The Labute approximate surface area is 107 Å². The molecule has 0 amide bonds. The Morgan fingerprint density at radius 1 is 1.29 bits per heavy atom. The summed E-state index contributed by atoms with van der Waals surface area (Å²) < 4.78 is 5.03. The molecule has 1 N–H and O–H groups in total. The number of carbonyl (C=O) groups is 1. The second-order valence-corrected chi connectivity index (χ2v) is 4.63. The molecule has 0 spiro atoms. The van der Waals surface area contributed by atoms with Crippen LogP contribution in [0.4, 0.5) is 0 Å². The molecular weight excluding hydrogens is 238 g/mol. The van der Waals surface area contributed by atoms with E-state index in [2.05, 4.69) is 5.32 Å². The van der Waals surface area contributed by atoms with Gasteiger partial charge in [-0.3, -0.25) is 4.79 Å². The van der Waals surface area contributed by atoms with Gasteiger partial charge in [-0.1, -0.05) is 23.7 Å². The molecule has 0 heterocycles. The van der Waals surface area contributed by atoms with Crippen molar-refractivity contribution in [2.45, 2.75) is 32.9 Å². The van der Waals surface area contributed by atoms with Gasteiger partial charge in [-0.2, -0.15) is 0 Å². The van der Waals surface area contributed by atoms with Gasteiger partial charge in [0.2, 0.25) is 0 Å². The molecule has 1 aromatic carbocycles. The molecule has 1 rings (SSSR count). The number of hydrogen-bond acceptors (Lipinski definition) is 3. The van der Waals surface area contributed by atoms with Gasteiger partial charge >= 0.3 is 5.97 Å². The van der Waals surface area contributed by atoms with Gasteiger partial charge in [0, 0.05) is 11.1 Å². The van der Waals surface area contributed by atoms with Crippen LogP contribution in [-0.2, 0) is 9.53 Å². The van der Waals surface area contributed by atoms with Crippen LogP contribution in [0.3, 0.4) is 0 Å². The highest BCUT2D eigenvalue weighted by molar-refractivity contribution is 6.30. The van der Waals surface area contributed by atoms with Gasteiger partial charge in [0.05, 0.1) is 12.6 Å². The zero-order valence-electron chi connectivity index (χ0n) is 10.4. The summed E-state index contributed by atoms with van der Waals surface area (Å²) in [5.74, 6) is -0.235. The maximum Gasteiger partial charge on any atom is 0.320 e. The van der Waals surface area contributed by atoms with Crippen molar-refractivity contribution in [1.29, 1.82) is 0 Å². The van der Waals surface area contributed by atoms with Crippen molar-refractivity contribution in [3.05, 3.63) is 34.9 Å². The molecule has 3 nitrogen and oxygen atoms in total. The first-order valence-electron chi connectivity index (χ1n) is 5.67. The summed E-state index contributed by atoms with van der Waals surface area (Å²) in [5, 5.41) is 3.81. The van der Waals surface area contributed by atoms with E-state index in [0.717, 1.165) is 5.56 Å². The summed E-state index contributed by atoms with van der Waals surface area (Å²) in [6, 6.07) is 7.64. The van der Waals surface area contributed by atoms with Crippen LogP contribution >= 0.6 is 11.6 Å². The van der Waals surface area contributed by atoms with Crippen LogP contribution in [0.25, 0.3) is 0 Å². The molecule has 0 aromatic heterocycles. The van der Waals surface area contributed by atoms with Crippen LogP contribution in [0, 0.1) is 0 Å². The highest BCUT2D eigenvalue weighted by Gasteiger charge is 2.09. The van der Waals surface area contributed by atoms with Gasteiger partial charge in [-0.15, -0.1) is 0 Å². The smallest absolute Gasteiger partial charge is 0.320 e. The zero-order chi connectivity index (χ0) is 12.8. The standard InChI is InChI=1S/C13H18ClNO2/c1-9(2)17-13(16)8-15-10(3)11-4-6-12(14)7-5-11/h4-7,9-10,15H,8H2,1-3H3/t10-/m0/s1. The quantitative estimate of drug-likeness (QED) is 0.822. The normalized spacial score (nSPS) is 12.5. The number of carbonyl (C=O) groups excluding carboxylic acids is 1. The molecule has 94 valence electrons. The summed E-state index contributed by atoms with van der Waals surface area (Å²) >= 11 is 5.81. The molecule has 1 aromatic rings. The lowest BCUT2D eigenvalue weighted by atomic mass is 10.1. The topological polar surface area (TPSA) is 38.3 Å². The van der Waals surface area contributed by atoms with Crippen molar-refractivity contribution in [3.8, 4) is 0 Å². The second kappa shape index (κ2) is 6.62. The molecule has 0 radical (unpaired) electrons. The predicted molar refractivity (Wildman–Crippen MR) is 69.1 cm³/mol. The summed E-state index contributed by atoms with van der Waals surface area (Å²) in [5.41, 5.74) is 1.09. The Morgan fingerprint density at radius 3 is 2.41 bits per heavy atom. The average molecular weight is 256 g/mol. The van der Waals surface area contributed by atoms with Crippen LogP contribution < -0.4 is 5.32 Å². The Kier molecular flexibility index (Phi) is 5.45. The Morgan fingerprint density at radius 2 is 1.88 bits per heavy atom. The van der Waals surface area contributed by atoms with E-state index in [-0.39, 0.29) is 24.7 Å². The number of benzene rings is 1. The van der Waals surface area contributed by atoms with E-state index in [9.17, 15) is 4.79 Å². The molecule has 0 fully saturated rings. The first-order valence-corrected chi connectivity index (χ1v) is 6.05. The Bertz CT molecular complexity index is 362. The monoisotopic (exact) mass is 255 g/mol. The zero-order valence-corrected chi connectivity index (χ0v) is 11.1. The van der Waals surface area contributed by atoms with Crippen LogP contribution in [0.5, 0.6) is 0 Å². The summed E-state index contributed by atoms with van der Waals surface area (Å²) in [7, 11) is 0. The highest BCUT2D eigenvalue weighted by atomic mass is 35.5. The van der Waals surface area contributed by atoms with Crippen molar-refractivity contribution >= 4 is 17.6 Å². The van der Waals surface area contributed by atoms with Gasteiger partial charge in [0.15, 0.2) is 0 Å². The first-order chi connectivity index (χ1) is 7.99. The highest BCUT2D eigenvalue weighted by Crippen LogP contribution is 2.15. The molecule has 0 saturated carbocycles. The van der Waals surface area contributed by atoms with E-state index in [1.54, 1.807) is 0 Å². The number of rotatable bonds is 5. The van der Waals surface area contributed by atoms with Gasteiger partial charge in [0.25, 0.3) is 0 Å². The van der Waals surface area contributed by atoms with Crippen molar-refractivity contribution in [1.82, 2.24) is 5.32 Å². The molecule has 1 atom stereocenters. The van der Waals surface area contributed by atoms with Crippen molar-refractivity contribution < 1.29 is 9.53 Å². The minimum Gasteiger partial charge on any atom is -0.462 e. The predicted octanol–water partition coefficient (Wildman–Crippen LogP) is 2.94. The van der Waals surface area contributed by atoms with Crippen LogP contribution in [0.1, 0.15) is 32.4 Å². The molecule has 0 aliphatic rings. The number of hydrogen-bond donors (Lipinski definition) is 1. The van der Waals surface area contributed by atoms with Gasteiger partial charge in [-0.05, 0) is 38.5 Å². The molecular formula is C13H18ClNO2. The summed E-state index contributed by atoms with van der Waals surface area (Å²) in [6.07, 6.45) is -0.0739. The van der Waals surface area contributed by atoms with Crippen LogP contribution in [-0.4, -0.2) is 18.6 Å². The number of ether oxygens (including phenoxy) is 1. The van der Waals surface area contributed by atoms with Crippen molar-refractivity contribution in [2.24, 2.45) is 0 Å². The maximum atomic E-state index is 11.3. The van der Waals surface area contributed by atoms with Gasteiger partial charge in [0.1, 0.15) is 0 Å². The Balaban J connectivity index is 2.42. The largest absolute Gasteiger partial charge is 0.462 e. The number of halogens is 1. The van der Waals surface area contributed by atoms with Crippen LogP contribution in [0.2, 0.25) is 5.02 Å². The SMILES string of the molecule is CC(C)OC(=O)CN[C@@H](C)c1ccc(Cl)cc1. The third-order valence-electron chi connectivity index (χ3n) is 2.29. The molecule has 0 unspecified atom stereocenters. The number of esters is 1. The van der Waals surface area contributed by atoms with Crippen LogP contribution in [0.15, 0.2) is 24.3 Å². The first kappa shape index (κ1) is 14.0. The Hall–Kier alpha value is -1.06. The van der Waals surface area contributed by atoms with Crippen molar-refractivity contribution in [3.63, 3.8) is 0 Å². The summed E-state index contributed by atoms with van der Waals surface area (Å²) in [4.78, 5) is 11.3. The van der Waals surface area contributed by atoms with E-state index < -0.39 is 0 Å². The van der Waals surface area contributed by atoms with Gasteiger partial charge < -0.3 is 10.1 Å². The fourth-order valence-electron chi connectivity index (χ4n) is 1.41. The second-order valence-electron chi connectivity index (χ2n) is 4.19. The number of nitrogens with one attached hydrogen (secondary N) is 1. The lowest BCUT2D eigenvalue weighted by Crippen LogP contribution is -2.28. The average Bonchev–Trinajstić information content (AvgIpc) is 2.26. The molecule has 0 bridgehead atoms. The third kappa shape index (κ3) is 5.20. The molecule has 0 saturated heterocycles. The molecule has 4 heteroatoms. The fraction of sp³-hybridized carbons (Fsp3) is 0.462. The van der Waals surface area contributed by atoms with E-state index >= 15 is 0 Å². The maximum absolute atomic E-state index is 11.3. The minimum absolute atomic E-state index is 0.0739. The lowest BCUT2D eigenvalue weighted by Gasteiger charge is -2.14. The van der Waals surface area contributed by atoms with E-state index in [4.69, 9.17) is 16.3 Å². The fourth-order valence-corrected chi connectivity index (χ4v) is 1.54. The molecule has 0 aliphatic heterocycles. The third-order valence-corrected chi connectivity index (χ3v) is 2.54.